The Bertz CT molecular complexity index is 515. The highest BCUT2D eigenvalue weighted by Gasteiger charge is 2.79. The van der Waals surface area contributed by atoms with E-state index >= 15 is 0 Å². The topological polar surface area (TPSA) is 75.6 Å². The predicted molar refractivity (Wildman–Crippen MR) is 52.2 cm³/mol. The van der Waals surface area contributed by atoms with E-state index in [1.54, 1.807) is 0 Å². The van der Waals surface area contributed by atoms with Crippen molar-refractivity contribution < 1.29 is 67.7 Å². The van der Waals surface area contributed by atoms with E-state index in [2.05, 4.69) is 0 Å². The van der Waals surface area contributed by atoms with Crippen LogP contribution in [0.3, 0.4) is 0 Å². The molecule has 5 nitrogen and oxygen atoms in total. The van der Waals surface area contributed by atoms with Crippen molar-refractivity contribution in [3.05, 3.63) is 0 Å². The van der Waals surface area contributed by atoms with Gasteiger partial charge in [0.25, 0.3) is 5.91 Å². The first kappa shape index (κ1) is 23.1. The first-order valence-electron chi connectivity index (χ1n) is 5.58. The third-order valence-corrected chi connectivity index (χ3v) is 2.27. The van der Waals surface area contributed by atoms with E-state index in [1.165, 1.54) is 0 Å². The zero-order valence-electron chi connectivity index (χ0n) is 11.2. The maximum Gasteiger partial charge on any atom is 0.462 e. The monoisotopic (exact) mass is 401 g/mol. The molecule has 0 heterocycles. The van der Waals surface area contributed by atoms with Crippen molar-refractivity contribution in [2.75, 3.05) is 6.54 Å². The fourth-order valence-electron chi connectivity index (χ4n) is 1.04. The minimum absolute atomic E-state index is 0.775. The molecule has 1 amide bonds. The first-order chi connectivity index (χ1) is 10.8. The summed E-state index contributed by atoms with van der Waals surface area (Å²) in [6.07, 6.45) is -22.3. The standard InChI is InChI=1S/C9H6F11NO4/c10-5(7(13,14)15,4(24)21-2-1-3(22)23)25-9(19,20)6(11,12)8(16,17)18/h1-2H2,(H,21,24)(H,22,23). The summed E-state index contributed by atoms with van der Waals surface area (Å²) in [6.45, 7) is -1.31. The number of amides is 1. The normalized spacial score (nSPS) is 16.3. The van der Waals surface area contributed by atoms with Gasteiger partial charge in [-0.3, -0.25) is 14.3 Å². The van der Waals surface area contributed by atoms with Crippen LogP contribution in [-0.4, -0.2) is 53.8 Å². The van der Waals surface area contributed by atoms with E-state index in [1.807, 2.05) is 4.74 Å². The average Bonchev–Trinajstić information content (AvgIpc) is 2.34. The van der Waals surface area contributed by atoms with Crippen molar-refractivity contribution in [2.45, 2.75) is 36.7 Å². The number of alkyl halides is 11. The molecule has 0 aliphatic carbocycles. The highest BCUT2D eigenvalue weighted by atomic mass is 19.4. The highest BCUT2D eigenvalue weighted by Crippen LogP contribution is 2.50. The number of carboxylic acids is 1. The van der Waals surface area contributed by atoms with Crippen LogP contribution in [0, 0.1) is 0 Å². The van der Waals surface area contributed by atoms with Crippen molar-refractivity contribution in [1.82, 2.24) is 5.32 Å². The average molecular weight is 401 g/mol. The summed E-state index contributed by atoms with van der Waals surface area (Å²) in [4.78, 5) is 21.0. The molecule has 0 aliphatic rings. The summed E-state index contributed by atoms with van der Waals surface area (Å²) in [5, 5.41) is 8.90. The lowest BCUT2D eigenvalue weighted by Crippen LogP contribution is -2.63. The van der Waals surface area contributed by atoms with Crippen LogP contribution in [-0.2, 0) is 14.3 Å². The molecule has 0 spiro atoms. The summed E-state index contributed by atoms with van der Waals surface area (Å²) < 4.78 is 139. The largest absolute Gasteiger partial charge is 0.481 e. The molecule has 2 N–H and O–H groups in total. The number of rotatable bonds is 7. The van der Waals surface area contributed by atoms with Crippen molar-refractivity contribution in [3.63, 3.8) is 0 Å². The number of halogens is 11. The number of carboxylic acid groups (broad SMARTS) is 1. The molecule has 1 atom stereocenters. The van der Waals surface area contributed by atoms with Gasteiger partial charge in [-0.25, -0.2) is 0 Å². The lowest BCUT2D eigenvalue weighted by Gasteiger charge is -2.34. The van der Waals surface area contributed by atoms with Crippen LogP contribution in [0.25, 0.3) is 0 Å². The van der Waals surface area contributed by atoms with Gasteiger partial charge in [-0.15, -0.1) is 0 Å². The Morgan fingerprint density at radius 2 is 1.28 bits per heavy atom. The van der Waals surface area contributed by atoms with Gasteiger partial charge < -0.3 is 10.4 Å². The van der Waals surface area contributed by atoms with Crippen molar-refractivity contribution in [2.24, 2.45) is 0 Å². The number of carbonyl (C=O) groups is 2. The molecule has 25 heavy (non-hydrogen) atoms. The van der Waals surface area contributed by atoms with Gasteiger partial charge in [0.05, 0.1) is 6.42 Å². The van der Waals surface area contributed by atoms with Crippen LogP contribution in [0.1, 0.15) is 6.42 Å². The molecule has 0 fully saturated rings. The molecule has 148 valence electrons. The number of nitrogens with one attached hydrogen (secondary N) is 1. The van der Waals surface area contributed by atoms with Gasteiger partial charge in [0.15, 0.2) is 0 Å². The van der Waals surface area contributed by atoms with Crippen molar-refractivity contribution in [3.8, 4) is 0 Å². The van der Waals surface area contributed by atoms with Crippen molar-refractivity contribution in [1.29, 1.82) is 0 Å². The Labute approximate surface area is 129 Å². The second-order valence-electron chi connectivity index (χ2n) is 4.18. The number of carbonyl (C=O) groups excluding carboxylic acids is 1. The lowest BCUT2D eigenvalue weighted by atomic mass is 10.2. The maximum atomic E-state index is 13.5. The molecule has 0 aromatic heterocycles. The zero-order chi connectivity index (χ0) is 20.5. The number of hydrogen-bond donors (Lipinski definition) is 2. The Morgan fingerprint density at radius 1 is 0.840 bits per heavy atom. The van der Waals surface area contributed by atoms with Crippen LogP contribution < -0.4 is 5.32 Å². The van der Waals surface area contributed by atoms with E-state index in [9.17, 15) is 57.9 Å². The quantitative estimate of drug-likeness (QED) is 0.644. The van der Waals surface area contributed by atoms with Gasteiger partial charge in [0.2, 0.25) is 0 Å². The molecule has 0 aliphatic heterocycles. The van der Waals surface area contributed by atoms with E-state index in [4.69, 9.17) is 5.11 Å². The molecule has 1 unspecified atom stereocenters. The third kappa shape index (κ3) is 4.82. The Balaban J connectivity index is 5.69. The molecule has 0 bridgehead atoms. The fourth-order valence-corrected chi connectivity index (χ4v) is 1.04. The Hall–Kier alpha value is -1.87. The van der Waals surface area contributed by atoms with Gasteiger partial charge in [-0.1, -0.05) is 0 Å². The van der Waals surface area contributed by atoms with Crippen LogP contribution in [0.5, 0.6) is 0 Å². The molecule has 0 aromatic rings. The summed E-state index contributed by atoms with van der Waals surface area (Å²) in [7, 11) is 0. The van der Waals surface area contributed by atoms with E-state index < -0.39 is 55.1 Å². The SMILES string of the molecule is O=C(O)CCNC(=O)C(F)(OC(F)(F)C(F)(F)C(F)(F)F)C(F)(F)F. The second kappa shape index (κ2) is 6.80. The van der Waals surface area contributed by atoms with E-state index in [0.29, 0.717) is 0 Å². The van der Waals surface area contributed by atoms with E-state index in [-0.39, 0.29) is 0 Å². The summed E-state index contributed by atoms with van der Waals surface area (Å²) in [5.74, 6) is -18.6. The lowest BCUT2D eigenvalue weighted by molar-refractivity contribution is -0.472. The summed E-state index contributed by atoms with van der Waals surface area (Å²) >= 11 is 0. The number of hydrogen-bond acceptors (Lipinski definition) is 3. The van der Waals surface area contributed by atoms with Gasteiger partial charge in [0, 0.05) is 6.54 Å². The Morgan fingerprint density at radius 3 is 1.60 bits per heavy atom. The minimum atomic E-state index is -7.29. The number of aliphatic carboxylic acids is 1. The molecule has 0 saturated carbocycles. The van der Waals surface area contributed by atoms with Gasteiger partial charge in [-0.2, -0.15) is 48.3 Å². The van der Waals surface area contributed by atoms with Crippen LogP contribution >= 0.6 is 0 Å². The summed E-state index contributed by atoms with van der Waals surface area (Å²) in [5.41, 5.74) is 0. The molecular weight excluding hydrogens is 395 g/mol. The van der Waals surface area contributed by atoms with Gasteiger partial charge >= 0.3 is 36.2 Å². The van der Waals surface area contributed by atoms with Crippen molar-refractivity contribution >= 4 is 11.9 Å². The fraction of sp³-hybridized carbons (Fsp3) is 0.778. The molecule has 0 rings (SSSR count). The first-order valence-corrected chi connectivity index (χ1v) is 5.58. The molecule has 0 aromatic carbocycles. The highest BCUT2D eigenvalue weighted by molar-refractivity contribution is 5.84. The van der Waals surface area contributed by atoms with E-state index in [0.717, 1.165) is 5.32 Å². The summed E-state index contributed by atoms with van der Waals surface area (Å²) in [6, 6.07) is 0. The zero-order valence-corrected chi connectivity index (χ0v) is 11.2. The maximum absolute atomic E-state index is 13.5. The van der Waals surface area contributed by atoms with Crippen LogP contribution in [0.15, 0.2) is 0 Å². The van der Waals surface area contributed by atoms with Gasteiger partial charge in [0.1, 0.15) is 0 Å². The molecule has 16 heteroatoms. The number of ether oxygens (including phenoxy) is 1. The van der Waals surface area contributed by atoms with Gasteiger partial charge in [-0.05, 0) is 0 Å². The molecular formula is C9H6F11NO4. The van der Waals surface area contributed by atoms with Crippen LogP contribution in [0.2, 0.25) is 0 Å². The Kier molecular flexibility index (Phi) is 6.29. The molecule has 0 saturated heterocycles. The minimum Gasteiger partial charge on any atom is -0.481 e. The smallest absolute Gasteiger partial charge is 0.462 e. The van der Waals surface area contributed by atoms with Crippen LogP contribution in [0.4, 0.5) is 48.3 Å². The second-order valence-corrected chi connectivity index (χ2v) is 4.18. The predicted octanol–water partition coefficient (Wildman–Crippen LogP) is 2.61. The molecule has 0 radical (unpaired) electrons. The third-order valence-electron chi connectivity index (χ3n) is 2.27.